The van der Waals surface area contributed by atoms with Crippen molar-refractivity contribution in [3.05, 3.63) is 0 Å². The lowest BCUT2D eigenvalue weighted by Crippen LogP contribution is -2.59. The summed E-state index contributed by atoms with van der Waals surface area (Å²) in [6, 6.07) is 0. The molecule has 7 heteroatoms. The summed E-state index contributed by atoms with van der Waals surface area (Å²) < 4.78 is 10.3. The van der Waals surface area contributed by atoms with E-state index in [1.54, 1.807) is 0 Å². The molecule has 1 aliphatic rings. The number of aliphatic hydroxyl groups excluding tert-OH is 4. The van der Waals surface area contributed by atoms with Crippen LogP contribution in [-0.4, -0.2) is 62.4 Å². The summed E-state index contributed by atoms with van der Waals surface area (Å²) in [5.74, 6) is 0. The zero-order valence-corrected chi connectivity index (χ0v) is 9.44. The van der Waals surface area contributed by atoms with E-state index in [4.69, 9.17) is 14.6 Å². The van der Waals surface area contributed by atoms with E-state index >= 15 is 0 Å². The highest BCUT2D eigenvalue weighted by Crippen LogP contribution is 2.22. The maximum atomic E-state index is 9.41. The van der Waals surface area contributed by atoms with Crippen molar-refractivity contribution in [3.63, 3.8) is 0 Å². The molecule has 4 N–H and O–H groups in total. The second-order valence-corrected chi connectivity index (χ2v) is 3.60. The van der Waals surface area contributed by atoms with Crippen LogP contribution in [0, 0.1) is 0 Å². The molecule has 84 valence electrons. The third-order valence-corrected chi connectivity index (χ3v) is 2.44. The van der Waals surface area contributed by atoms with E-state index < -0.39 is 37.3 Å². The van der Waals surface area contributed by atoms with E-state index in [0.717, 1.165) is 0 Å². The van der Waals surface area contributed by atoms with Gasteiger partial charge < -0.3 is 29.9 Å². The first-order chi connectivity index (χ1) is 6.61. The molecular formula is C7H13IO6. The number of halogens is 1. The Morgan fingerprint density at radius 2 is 1.79 bits per heavy atom. The lowest BCUT2D eigenvalue weighted by molar-refractivity contribution is -0.295. The molecule has 14 heavy (non-hydrogen) atoms. The third-order valence-electron chi connectivity index (χ3n) is 2.08. The number of ether oxygens (including phenoxy) is 2. The third kappa shape index (κ3) is 2.54. The molecule has 0 aromatic rings. The fraction of sp³-hybridized carbons (Fsp3) is 1.00. The van der Waals surface area contributed by atoms with Crippen molar-refractivity contribution in [1.29, 1.82) is 0 Å². The van der Waals surface area contributed by atoms with Gasteiger partial charge in [-0.1, -0.05) is 22.6 Å². The number of alkyl halides is 1. The first kappa shape index (κ1) is 12.6. The molecule has 1 unspecified atom stereocenters. The lowest BCUT2D eigenvalue weighted by atomic mass is 9.99. The Kier molecular flexibility index (Phi) is 4.97. The molecule has 0 amide bonds. The van der Waals surface area contributed by atoms with Crippen molar-refractivity contribution in [2.45, 2.75) is 30.7 Å². The summed E-state index contributed by atoms with van der Waals surface area (Å²) in [4.78, 5) is 0. The van der Waals surface area contributed by atoms with Gasteiger partial charge in [-0.2, -0.15) is 0 Å². The van der Waals surface area contributed by atoms with Gasteiger partial charge in [0.1, 0.15) is 29.0 Å². The van der Waals surface area contributed by atoms with Crippen LogP contribution >= 0.6 is 22.6 Å². The van der Waals surface area contributed by atoms with Gasteiger partial charge in [0, 0.05) is 0 Å². The molecular weight excluding hydrogens is 304 g/mol. The van der Waals surface area contributed by atoms with Crippen LogP contribution in [0.1, 0.15) is 0 Å². The summed E-state index contributed by atoms with van der Waals surface area (Å²) in [6.07, 6.45) is -5.91. The highest BCUT2D eigenvalue weighted by Gasteiger charge is 2.43. The molecule has 0 bridgehead atoms. The topological polar surface area (TPSA) is 99.4 Å². The van der Waals surface area contributed by atoms with E-state index in [2.05, 4.69) is 0 Å². The van der Waals surface area contributed by atoms with Gasteiger partial charge in [-0.3, -0.25) is 0 Å². The van der Waals surface area contributed by atoms with Crippen LogP contribution in [-0.2, 0) is 9.47 Å². The number of aliphatic hydroxyl groups is 4. The molecule has 1 fully saturated rings. The number of hydrogen-bond acceptors (Lipinski definition) is 6. The molecule has 5 atom stereocenters. The Hall–Kier alpha value is 0.490. The maximum Gasteiger partial charge on any atom is 0.187 e. The summed E-state index contributed by atoms with van der Waals surface area (Å²) in [5, 5.41) is 36.9. The molecule has 1 rings (SSSR count). The summed E-state index contributed by atoms with van der Waals surface area (Å²) in [6.45, 7) is -0.438. The van der Waals surface area contributed by atoms with Crippen LogP contribution in [0.5, 0.6) is 0 Å². The Morgan fingerprint density at radius 3 is 2.29 bits per heavy atom. The molecule has 0 radical (unpaired) electrons. The quantitative estimate of drug-likeness (QED) is 0.362. The summed E-state index contributed by atoms with van der Waals surface area (Å²) in [5.41, 5.74) is 0. The Morgan fingerprint density at radius 1 is 1.14 bits per heavy atom. The van der Waals surface area contributed by atoms with E-state index in [1.165, 1.54) is 0 Å². The maximum absolute atomic E-state index is 9.41. The van der Waals surface area contributed by atoms with E-state index in [9.17, 15) is 15.3 Å². The minimum absolute atomic E-state index is 0.278. The predicted octanol–water partition coefficient (Wildman–Crippen LogP) is -1.80. The summed E-state index contributed by atoms with van der Waals surface area (Å²) >= 11 is 1.91. The number of rotatable bonds is 3. The van der Waals surface area contributed by atoms with Crippen molar-refractivity contribution in [3.8, 4) is 0 Å². The van der Waals surface area contributed by atoms with E-state index in [1.807, 2.05) is 22.6 Å². The van der Waals surface area contributed by atoms with Crippen LogP contribution in [0.15, 0.2) is 0 Å². The van der Waals surface area contributed by atoms with Crippen LogP contribution in [0.4, 0.5) is 0 Å². The Labute approximate surface area is 94.6 Å². The number of hydrogen-bond donors (Lipinski definition) is 4. The van der Waals surface area contributed by atoms with Gasteiger partial charge >= 0.3 is 0 Å². The molecule has 0 aromatic heterocycles. The Balaban J connectivity index is 2.63. The molecule has 1 aliphatic heterocycles. The van der Waals surface area contributed by atoms with Crippen LogP contribution in [0.25, 0.3) is 0 Å². The summed E-state index contributed by atoms with van der Waals surface area (Å²) in [7, 11) is 0. The molecule has 0 aliphatic carbocycles. The van der Waals surface area contributed by atoms with Gasteiger partial charge in [-0.05, 0) is 0 Å². The van der Waals surface area contributed by atoms with Gasteiger partial charge in [-0.25, -0.2) is 0 Å². The molecule has 1 heterocycles. The van der Waals surface area contributed by atoms with Gasteiger partial charge in [-0.15, -0.1) is 0 Å². The average molecular weight is 317 g/mol. The highest BCUT2D eigenvalue weighted by atomic mass is 124. The van der Waals surface area contributed by atoms with Gasteiger partial charge in [0.2, 0.25) is 0 Å². The highest BCUT2D eigenvalue weighted by molar-refractivity contribution is 14.1. The molecule has 0 aromatic carbocycles. The first-order valence-electron chi connectivity index (χ1n) is 4.10. The van der Waals surface area contributed by atoms with Gasteiger partial charge in [0.25, 0.3) is 0 Å². The van der Waals surface area contributed by atoms with Gasteiger partial charge in [0.05, 0.1) is 6.61 Å². The fourth-order valence-electron chi connectivity index (χ4n) is 1.27. The van der Waals surface area contributed by atoms with Crippen molar-refractivity contribution in [1.82, 2.24) is 0 Å². The van der Waals surface area contributed by atoms with Crippen LogP contribution in [0.3, 0.4) is 0 Å². The van der Waals surface area contributed by atoms with Crippen LogP contribution < -0.4 is 0 Å². The predicted molar refractivity (Wildman–Crippen MR) is 53.7 cm³/mol. The van der Waals surface area contributed by atoms with Crippen molar-refractivity contribution in [2.75, 3.05) is 11.2 Å². The van der Waals surface area contributed by atoms with Gasteiger partial charge in [0.15, 0.2) is 6.29 Å². The lowest BCUT2D eigenvalue weighted by Gasteiger charge is -2.39. The van der Waals surface area contributed by atoms with Crippen molar-refractivity contribution < 1.29 is 29.9 Å². The second kappa shape index (κ2) is 5.54. The zero-order chi connectivity index (χ0) is 10.7. The largest absolute Gasteiger partial charge is 0.394 e. The normalized spacial score (nSPS) is 43.9. The minimum atomic E-state index is -1.37. The smallest absolute Gasteiger partial charge is 0.187 e. The van der Waals surface area contributed by atoms with E-state index in [-0.39, 0.29) is 4.61 Å². The van der Waals surface area contributed by atoms with Crippen molar-refractivity contribution in [2.24, 2.45) is 0 Å². The molecule has 0 saturated carbocycles. The first-order valence-corrected chi connectivity index (χ1v) is 5.62. The molecule has 6 nitrogen and oxygen atoms in total. The Bertz CT molecular complexity index is 176. The van der Waals surface area contributed by atoms with E-state index in [0.29, 0.717) is 0 Å². The fourth-order valence-corrected chi connectivity index (χ4v) is 1.62. The van der Waals surface area contributed by atoms with Crippen LogP contribution in [0.2, 0.25) is 0 Å². The molecule has 0 spiro atoms. The standard InChI is InChI=1S/C7H13IO6/c8-2-13-7-6(12)5(11)4(10)3(1-9)14-7/h3-7,9-12H,1-2H2/t3-,4-,5+,6+,7?/m1/s1/i8-3. The second-order valence-electron chi connectivity index (χ2n) is 2.97. The average Bonchev–Trinajstić information content (AvgIpc) is 2.19. The van der Waals surface area contributed by atoms with Crippen molar-refractivity contribution >= 4 is 22.6 Å². The minimum Gasteiger partial charge on any atom is -0.394 e. The SMILES string of the molecule is OC[C@H]1OC(OC[124I])[C@@H](O)[C@@H](O)[C@@H]1O. The molecule has 1 saturated heterocycles. The monoisotopic (exact) mass is 317 g/mol. The zero-order valence-electron chi connectivity index (χ0n) is 7.28.